The Bertz CT molecular complexity index is 1460. The van der Waals surface area contributed by atoms with Gasteiger partial charge >= 0.3 is 11.8 Å². The Morgan fingerprint density at radius 2 is 0.850 bits per heavy atom. The van der Waals surface area contributed by atoms with Crippen molar-refractivity contribution < 1.29 is 35.8 Å². The zero-order valence-electron chi connectivity index (χ0n) is 20.6. The predicted octanol–water partition coefficient (Wildman–Crippen LogP) is 8.20. The third-order valence-electron chi connectivity index (χ3n) is 6.69. The van der Waals surface area contributed by atoms with Gasteiger partial charge in [0.05, 0.1) is 0 Å². The summed E-state index contributed by atoms with van der Waals surface area (Å²) < 4.78 is 107. The number of halogens is 6. The molecule has 0 amide bonds. The van der Waals surface area contributed by atoms with Crippen LogP contribution in [0.1, 0.15) is 11.1 Å². The monoisotopic (exact) mass is 556 g/mol. The van der Waals surface area contributed by atoms with Gasteiger partial charge in [0.15, 0.2) is 5.41 Å². The van der Waals surface area contributed by atoms with Crippen LogP contribution in [-0.2, 0) is 5.41 Å². The van der Waals surface area contributed by atoms with E-state index in [1.165, 1.54) is 72.8 Å². The highest BCUT2D eigenvalue weighted by molar-refractivity contribution is 5.61. The van der Waals surface area contributed by atoms with E-state index in [1.807, 2.05) is 0 Å². The lowest BCUT2D eigenvalue weighted by atomic mass is 9.60. The molecule has 10 heteroatoms. The summed E-state index contributed by atoms with van der Waals surface area (Å²) in [6.07, 6.45) is -0.650. The molecule has 1 aliphatic carbocycles. The van der Waals surface area contributed by atoms with Crippen molar-refractivity contribution in [1.82, 2.24) is 0 Å². The molecular weight excluding hydrogens is 534 g/mol. The average molecular weight is 557 g/mol. The number of benzene rings is 4. The Morgan fingerprint density at radius 1 is 0.475 bits per heavy atom. The Labute approximate surface area is 225 Å². The van der Waals surface area contributed by atoms with Crippen LogP contribution in [0.2, 0.25) is 0 Å². The number of allylic oxidation sites excluding steroid dienone is 2. The number of ether oxygens (including phenoxy) is 2. The third kappa shape index (κ3) is 4.20. The van der Waals surface area contributed by atoms with Gasteiger partial charge in [-0.25, -0.2) is 8.78 Å². The summed E-state index contributed by atoms with van der Waals surface area (Å²) in [5.41, 5.74) is 6.37. The van der Waals surface area contributed by atoms with Crippen LogP contribution in [0.5, 0.6) is 23.0 Å². The summed E-state index contributed by atoms with van der Waals surface area (Å²) in [4.78, 5) is 0. The molecule has 4 aromatic carbocycles. The maximum Gasteiger partial charge on any atom is 0.333 e. The smallest absolute Gasteiger partial charge is 0.333 e. The van der Waals surface area contributed by atoms with Gasteiger partial charge in [-0.1, -0.05) is 36.4 Å². The van der Waals surface area contributed by atoms with Crippen LogP contribution in [0.4, 0.5) is 37.7 Å². The standard InChI is InChI=1S/C30H22F6N2O2/c31-27(32)17-18-28(33,34)30(35,36)29(27,23-5-1-3-7-25(23)39-21-13-9-19(37)10-14-21)24-6-2-4-8-26(24)40-22-15-11-20(38)12-16-22/h1-18H,37-38H2. The van der Waals surface area contributed by atoms with Gasteiger partial charge in [0.1, 0.15) is 23.0 Å². The van der Waals surface area contributed by atoms with Crippen molar-refractivity contribution >= 4 is 11.4 Å². The summed E-state index contributed by atoms with van der Waals surface area (Å²) in [6.45, 7) is 0. The molecule has 40 heavy (non-hydrogen) atoms. The van der Waals surface area contributed by atoms with Crippen molar-refractivity contribution in [2.24, 2.45) is 0 Å². The van der Waals surface area contributed by atoms with E-state index in [0.717, 1.165) is 24.3 Å². The van der Waals surface area contributed by atoms with Crippen LogP contribution in [0.3, 0.4) is 0 Å². The van der Waals surface area contributed by atoms with Crippen LogP contribution in [0.25, 0.3) is 0 Å². The van der Waals surface area contributed by atoms with Gasteiger partial charge in [0, 0.05) is 22.5 Å². The Morgan fingerprint density at radius 3 is 1.27 bits per heavy atom. The van der Waals surface area contributed by atoms with E-state index in [9.17, 15) is 0 Å². The minimum Gasteiger partial charge on any atom is -0.457 e. The number of nitrogen functional groups attached to an aromatic ring is 2. The third-order valence-corrected chi connectivity index (χ3v) is 6.69. The molecule has 0 aliphatic heterocycles. The van der Waals surface area contributed by atoms with Crippen molar-refractivity contribution in [3.63, 3.8) is 0 Å². The normalized spacial score (nSPS) is 18.1. The minimum atomic E-state index is -5.38. The van der Waals surface area contributed by atoms with Gasteiger partial charge in [-0.15, -0.1) is 0 Å². The highest BCUT2D eigenvalue weighted by Gasteiger charge is 2.80. The Hall–Kier alpha value is -4.60. The number of hydrogen-bond acceptors (Lipinski definition) is 4. The van der Waals surface area contributed by atoms with Crippen molar-refractivity contribution in [3.05, 3.63) is 120 Å². The first kappa shape index (κ1) is 27.0. The molecule has 4 nitrogen and oxygen atoms in total. The van der Waals surface area contributed by atoms with Crippen molar-refractivity contribution in [2.75, 3.05) is 11.5 Å². The number of nitrogens with two attached hydrogens (primary N) is 2. The van der Waals surface area contributed by atoms with E-state index < -0.39 is 51.9 Å². The molecule has 5 rings (SSSR count). The van der Waals surface area contributed by atoms with Crippen LogP contribution in [0, 0.1) is 0 Å². The lowest BCUT2D eigenvalue weighted by molar-refractivity contribution is -0.261. The van der Waals surface area contributed by atoms with Gasteiger partial charge in [-0.2, -0.15) is 17.6 Å². The zero-order chi connectivity index (χ0) is 28.8. The van der Waals surface area contributed by atoms with Crippen molar-refractivity contribution in [1.29, 1.82) is 0 Å². The van der Waals surface area contributed by atoms with E-state index in [1.54, 1.807) is 0 Å². The first-order valence-electron chi connectivity index (χ1n) is 12.0. The van der Waals surface area contributed by atoms with Crippen molar-refractivity contribution in [3.8, 4) is 23.0 Å². The molecular formula is C30H22F6N2O2. The summed E-state index contributed by atoms with van der Waals surface area (Å²) in [5.74, 6) is -15.8. The fourth-order valence-electron chi connectivity index (χ4n) is 4.80. The number of anilines is 2. The second-order valence-corrected chi connectivity index (χ2v) is 9.24. The number of hydrogen-bond donors (Lipinski definition) is 2. The van der Waals surface area contributed by atoms with Crippen LogP contribution >= 0.6 is 0 Å². The fraction of sp³-hybridized carbons (Fsp3) is 0.133. The molecule has 4 aromatic rings. The largest absolute Gasteiger partial charge is 0.457 e. The van der Waals surface area contributed by atoms with E-state index in [0.29, 0.717) is 11.4 Å². The number of para-hydroxylation sites is 2. The molecule has 0 bridgehead atoms. The molecule has 0 radical (unpaired) electrons. The molecule has 0 heterocycles. The highest BCUT2D eigenvalue weighted by atomic mass is 19.3. The maximum absolute atomic E-state index is 16.3. The second-order valence-electron chi connectivity index (χ2n) is 9.24. The Balaban J connectivity index is 1.82. The summed E-state index contributed by atoms with van der Waals surface area (Å²) in [6, 6.07) is 20.6. The SMILES string of the molecule is Nc1ccc(Oc2ccccc2C2(c3ccccc3Oc3ccc(N)cc3)C(F)(F)C=CC(F)(F)C2(F)F)cc1. The molecule has 206 valence electrons. The van der Waals surface area contributed by atoms with Gasteiger partial charge in [0.25, 0.3) is 5.92 Å². The first-order chi connectivity index (χ1) is 18.9. The highest BCUT2D eigenvalue weighted by Crippen LogP contribution is 2.65. The average Bonchev–Trinajstić information content (AvgIpc) is 2.91. The van der Waals surface area contributed by atoms with E-state index >= 15 is 26.3 Å². The van der Waals surface area contributed by atoms with Crippen LogP contribution in [-0.4, -0.2) is 17.8 Å². The summed E-state index contributed by atoms with van der Waals surface area (Å²) >= 11 is 0. The van der Waals surface area contributed by atoms with Crippen LogP contribution in [0.15, 0.2) is 109 Å². The topological polar surface area (TPSA) is 70.5 Å². The minimum absolute atomic E-state index is 0.0629. The zero-order valence-corrected chi connectivity index (χ0v) is 20.6. The second kappa shape index (κ2) is 9.55. The maximum atomic E-state index is 16.3. The summed E-state index contributed by atoms with van der Waals surface area (Å²) in [5, 5.41) is 0. The van der Waals surface area contributed by atoms with Crippen LogP contribution < -0.4 is 20.9 Å². The number of rotatable bonds is 6. The Kier molecular flexibility index (Phi) is 6.44. The van der Waals surface area contributed by atoms with E-state index in [4.69, 9.17) is 20.9 Å². The summed E-state index contributed by atoms with van der Waals surface area (Å²) in [7, 11) is 0. The predicted molar refractivity (Wildman–Crippen MR) is 140 cm³/mol. The van der Waals surface area contributed by atoms with Gasteiger partial charge in [-0.05, 0) is 72.8 Å². The van der Waals surface area contributed by atoms with E-state index in [2.05, 4.69) is 0 Å². The lowest BCUT2D eigenvalue weighted by Gasteiger charge is -2.49. The quantitative estimate of drug-likeness (QED) is 0.143. The molecule has 0 atom stereocenters. The molecule has 0 unspecified atom stereocenters. The molecule has 0 aromatic heterocycles. The molecule has 0 fully saturated rings. The van der Waals surface area contributed by atoms with Gasteiger partial charge < -0.3 is 20.9 Å². The lowest BCUT2D eigenvalue weighted by Crippen LogP contribution is -2.66. The molecule has 0 saturated heterocycles. The first-order valence-corrected chi connectivity index (χ1v) is 12.0. The van der Waals surface area contributed by atoms with Crippen molar-refractivity contribution in [2.45, 2.75) is 23.2 Å². The number of alkyl halides is 6. The van der Waals surface area contributed by atoms with Gasteiger partial charge in [-0.3, -0.25) is 0 Å². The molecule has 4 N–H and O–H groups in total. The fourth-order valence-corrected chi connectivity index (χ4v) is 4.80. The molecule has 0 spiro atoms. The molecule has 1 aliphatic rings. The van der Waals surface area contributed by atoms with E-state index in [-0.39, 0.29) is 17.6 Å². The molecule has 0 saturated carbocycles. The van der Waals surface area contributed by atoms with Gasteiger partial charge in [0.2, 0.25) is 0 Å².